The van der Waals surface area contributed by atoms with Crippen LogP contribution in [0.15, 0.2) is 51.7 Å². The Hall–Kier alpha value is -3.12. The lowest BCUT2D eigenvalue weighted by atomic mass is 9.98. The van der Waals surface area contributed by atoms with Gasteiger partial charge in [-0.1, -0.05) is 49.9 Å². The highest BCUT2D eigenvalue weighted by atomic mass is 16.5. The van der Waals surface area contributed by atoms with E-state index in [1.165, 1.54) is 12.8 Å². The fourth-order valence-electron chi connectivity index (χ4n) is 4.37. The molecule has 6 nitrogen and oxygen atoms in total. The second kappa shape index (κ2) is 10.2. The van der Waals surface area contributed by atoms with Gasteiger partial charge in [0.15, 0.2) is 5.43 Å². The smallest absolute Gasteiger partial charge is 0.290 e. The molecule has 1 aliphatic rings. The summed E-state index contributed by atoms with van der Waals surface area (Å²) >= 11 is 0. The van der Waals surface area contributed by atoms with E-state index in [1.54, 1.807) is 18.1 Å². The summed E-state index contributed by atoms with van der Waals surface area (Å²) in [5.41, 5.74) is 2.46. The number of hydrogen-bond acceptors (Lipinski definition) is 5. The van der Waals surface area contributed by atoms with Crippen molar-refractivity contribution in [1.29, 1.82) is 0 Å². The van der Waals surface area contributed by atoms with Crippen LogP contribution >= 0.6 is 0 Å². The van der Waals surface area contributed by atoms with Gasteiger partial charge in [-0.05, 0) is 43.2 Å². The lowest BCUT2D eigenvalue weighted by Gasteiger charge is -2.25. The first kappa shape index (κ1) is 23.1. The van der Waals surface area contributed by atoms with Crippen molar-refractivity contribution in [3.63, 3.8) is 0 Å². The highest BCUT2D eigenvalue weighted by Gasteiger charge is 2.42. The number of carbonyl (C=O) groups excluding carboxylic acids is 1. The second-order valence-electron chi connectivity index (χ2n) is 8.55. The molecule has 174 valence electrons. The van der Waals surface area contributed by atoms with E-state index in [0.717, 1.165) is 29.7 Å². The average Bonchev–Trinajstić information content (AvgIpc) is 3.10. The molecule has 0 aliphatic carbocycles. The molecule has 3 aromatic rings. The average molecular weight is 450 g/mol. The minimum absolute atomic E-state index is 0.119. The van der Waals surface area contributed by atoms with E-state index < -0.39 is 6.04 Å². The Labute approximate surface area is 194 Å². The van der Waals surface area contributed by atoms with Crippen LogP contribution in [0.5, 0.6) is 5.75 Å². The van der Waals surface area contributed by atoms with Gasteiger partial charge in [0, 0.05) is 13.7 Å². The van der Waals surface area contributed by atoms with E-state index in [-0.39, 0.29) is 17.1 Å². The lowest BCUT2D eigenvalue weighted by molar-refractivity contribution is 0.0663. The van der Waals surface area contributed by atoms with E-state index in [4.69, 9.17) is 13.9 Å². The van der Waals surface area contributed by atoms with E-state index >= 15 is 0 Å². The molecular weight excluding hydrogens is 418 g/mol. The van der Waals surface area contributed by atoms with Gasteiger partial charge in [-0.2, -0.15) is 0 Å². The second-order valence-corrected chi connectivity index (χ2v) is 8.55. The van der Waals surface area contributed by atoms with Gasteiger partial charge in [-0.15, -0.1) is 0 Å². The van der Waals surface area contributed by atoms with Gasteiger partial charge in [0.1, 0.15) is 11.3 Å². The molecule has 0 bridgehead atoms. The molecule has 1 amide bonds. The molecule has 0 saturated carbocycles. The molecule has 2 heterocycles. The van der Waals surface area contributed by atoms with Crippen LogP contribution < -0.4 is 10.2 Å². The van der Waals surface area contributed by atoms with Crippen LogP contribution in [0, 0.1) is 6.92 Å². The summed E-state index contributed by atoms with van der Waals surface area (Å²) < 4.78 is 17.1. The lowest BCUT2D eigenvalue weighted by Crippen LogP contribution is -2.32. The molecular formula is C27H31NO5. The number of fused-ring (bicyclic) bond motifs is 2. The SMILES string of the molecule is CCCCCCOc1ccc(C2c3c(oc4ccc(C)cc4c3=O)C(=O)N2CCOC)cc1. The van der Waals surface area contributed by atoms with Crippen LogP contribution in [0.1, 0.15) is 65.9 Å². The van der Waals surface area contributed by atoms with Crippen LogP contribution in [0.3, 0.4) is 0 Å². The Morgan fingerprint density at radius 2 is 1.79 bits per heavy atom. The summed E-state index contributed by atoms with van der Waals surface area (Å²) in [5, 5.41) is 0.493. The normalized spacial score (nSPS) is 15.3. The first-order chi connectivity index (χ1) is 16.0. The Morgan fingerprint density at radius 1 is 1.00 bits per heavy atom. The maximum atomic E-state index is 13.5. The quantitative estimate of drug-likeness (QED) is 0.395. The predicted molar refractivity (Wildman–Crippen MR) is 128 cm³/mol. The molecule has 1 atom stereocenters. The Morgan fingerprint density at radius 3 is 2.52 bits per heavy atom. The van der Waals surface area contributed by atoms with E-state index in [0.29, 0.717) is 36.3 Å². The first-order valence-electron chi connectivity index (χ1n) is 11.6. The molecule has 0 spiro atoms. The van der Waals surface area contributed by atoms with Crippen molar-refractivity contribution < 1.29 is 18.7 Å². The maximum Gasteiger partial charge on any atom is 0.290 e. The Kier molecular flexibility index (Phi) is 7.14. The topological polar surface area (TPSA) is 69.0 Å². The molecule has 0 fully saturated rings. The van der Waals surface area contributed by atoms with Crippen molar-refractivity contribution in [3.05, 3.63) is 75.1 Å². The number of methoxy groups -OCH3 is 1. The number of ether oxygens (including phenoxy) is 2. The Balaban J connectivity index is 1.69. The van der Waals surface area contributed by atoms with Gasteiger partial charge in [0.2, 0.25) is 5.76 Å². The van der Waals surface area contributed by atoms with Gasteiger partial charge >= 0.3 is 0 Å². The van der Waals surface area contributed by atoms with Crippen LogP contribution in [0.4, 0.5) is 0 Å². The van der Waals surface area contributed by atoms with Crippen LogP contribution in [-0.4, -0.2) is 37.7 Å². The number of aryl methyl sites for hydroxylation is 1. The number of hydrogen-bond donors (Lipinski definition) is 0. The number of rotatable bonds is 10. The van der Waals surface area contributed by atoms with Gasteiger partial charge in [0.25, 0.3) is 5.91 Å². The van der Waals surface area contributed by atoms with Crippen molar-refractivity contribution >= 4 is 16.9 Å². The summed E-state index contributed by atoms with van der Waals surface area (Å²) in [5.74, 6) is 0.612. The van der Waals surface area contributed by atoms with Gasteiger partial charge < -0.3 is 18.8 Å². The standard InChI is InChI=1S/C27H31NO5/c1-4-5-6-7-15-32-20-11-9-19(10-12-20)24-23-25(29)21-17-18(2)8-13-22(21)33-26(23)27(30)28(24)14-16-31-3/h8-13,17,24H,4-7,14-16H2,1-3H3. The monoisotopic (exact) mass is 449 g/mol. The van der Waals surface area contributed by atoms with Crippen molar-refractivity contribution in [2.45, 2.75) is 45.6 Å². The van der Waals surface area contributed by atoms with Crippen molar-refractivity contribution in [3.8, 4) is 5.75 Å². The van der Waals surface area contributed by atoms with Crippen molar-refractivity contribution in [1.82, 2.24) is 4.90 Å². The third kappa shape index (κ3) is 4.67. The van der Waals surface area contributed by atoms with Crippen molar-refractivity contribution in [2.75, 3.05) is 26.9 Å². The zero-order valence-corrected chi connectivity index (χ0v) is 19.6. The number of carbonyl (C=O) groups is 1. The summed E-state index contributed by atoms with van der Waals surface area (Å²) in [4.78, 5) is 28.4. The number of nitrogens with zero attached hydrogens (tertiary/aromatic N) is 1. The summed E-state index contributed by atoms with van der Waals surface area (Å²) in [6, 6.07) is 12.6. The molecule has 1 aliphatic heterocycles. The minimum atomic E-state index is -0.526. The number of benzene rings is 2. The van der Waals surface area contributed by atoms with E-state index in [2.05, 4.69) is 6.92 Å². The maximum absolute atomic E-state index is 13.5. The zero-order valence-electron chi connectivity index (χ0n) is 19.6. The molecule has 2 aromatic carbocycles. The predicted octanol–water partition coefficient (Wildman–Crippen LogP) is 5.25. The fraction of sp³-hybridized carbons (Fsp3) is 0.407. The van der Waals surface area contributed by atoms with Gasteiger partial charge in [-0.3, -0.25) is 9.59 Å². The summed E-state index contributed by atoms with van der Waals surface area (Å²) in [6.07, 6.45) is 4.59. The highest BCUT2D eigenvalue weighted by molar-refractivity contribution is 5.99. The van der Waals surface area contributed by atoms with Gasteiger partial charge in [0.05, 0.1) is 30.2 Å². The highest BCUT2D eigenvalue weighted by Crippen LogP contribution is 2.38. The molecule has 0 saturated heterocycles. The van der Waals surface area contributed by atoms with E-state index in [1.807, 2.05) is 43.3 Å². The molecule has 0 N–H and O–H groups in total. The van der Waals surface area contributed by atoms with Crippen molar-refractivity contribution in [2.24, 2.45) is 0 Å². The summed E-state index contributed by atoms with van der Waals surface area (Å²) in [6.45, 7) is 5.52. The number of unbranched alkanes of at least 4 members (excludes halogenated alkanes) is 3. The zero-order chi connectivity index (χ0) is 23.4. The van der Waals surface area contributed by atoms with Crippen LogP contribution in [-0.2, 0) is 4.74 Å². The molecule has 1 aromatic heterocycles. The van der Waals surface area contributed by atoms with Crippen LogP contribution in [0.25, 0.3) is 11.0 Å². The minimum Gasteiger partial charge on any atom is -0.494 e. The Bertz CT molecular complexity index is 1180. The first-order valence-corrected chi connectivity index (χ1v) is 11.6. The molecule has 33 heavy (non-hydrogen) atoms. The van der Waals surface area contributed by atoms with Gasteiger partial charge in [-0.25, -0.2) is 0 Å². The summed E-state index contributed by atoms with van der Waals surface area (Å²) in [7, 11) is 1.59. The largest absolute Gasteiger partial charge is 0.494 e. The number of amides is 1. The molecule has 1 unspecified atom stereocenters. The third-order valence-corrected chi connectivity index (χ3v) is 6.12. The van der Waals surface area contributed by atoms with E-state index in [9.17, 15) is 9.59 Å². The third-order valence-electron chi connectivity index (χ3n) is 6.12. The molecule has 4 rings (SSSR count). The van der Waals surface area contributed by atoms with Crippen LogP contribution in [0.2, 0.25) is 0 Å². The molecule has 6 heteroatoms. The fourth-order valence-corrected chi connectivity index (χ4v) is 4.37. The molecule has 0 radical (unpaired) electrons.